The highest BCUT2D eigenvalue weighted by atomic mass is 16.5. The minimum absolute atomic E-state index is 0.0228. The molecule has 0 unspecified atom stereocenters. The Balaban J connectivity index is 2.43. The van der Waals surface area contributed by atoms with Gasteiger partial charge in [-0.25, -0.2) is 0 Å². The molecule has 0 saturated heterocycles. The minimum atomic E-state index is 0.0228. The molecule has 124 valence electrons. The van der Waals surface area contributed by atoms with Crippen molar-refractivity contribution in [2.24, 2.45) is 5.73 Å². The van der Waals surface area contributed by atoms with Crippen LogP contribution in [-0.2, 0) is 0 Å². The van der Waals surface area contributed by atoms with E-state index >= 15 is 0 Å². The predicted molar refractivity (Wildman–Crippen MR) is 90.0 cm³/mol. The van der Waals surface area contributed by atoms with Crippen LogP contribution in [0.25, 0.3) is 0 Å². The van der Waals surface area contributed by atoms with Gasteiger partial charge in [-0.3, -0.25) is 0 Å². The maximum atomic E-state index is 6.02. The van der Waals surface area contributed by atoms with Crippen LogP contribution in [0.2, 0.25) is 0 Å². The largest absolute Gasteiger partial charge is 0.493 e. The molecule has 0 amide bonds. The van der Waals surface area contributed by atoms with E-state index in [0.717, 1.165) is 11.1 Å². The first-order chi connectivity index (χ1) is 11.2. The van der Waals surface area contributed by atoms with Crippen molar-refractivity contribution in [1.82, 2.24) is 0 Å². The van der Waals surface area contributed by atoms with Crippen LogP contribution in [-0.4, -0.2) is 35.0 Å². The lowest BCUT2D eigenvalue weighted by molar-refractivity contribution is 0.353. The van der Waals surface area contributed by atoms with Crippen molar-refractivity contribution in [2.45, 2.75) is 5.92 Å². The third-order valence-corrected chi connectivity index (χ3v) is 3.86. The molecule has 5 heteroatoms. The van der Waals surface area contributed by atoms with Crippen molar-refractivity contribution in [3.05, 3.63) is 47.5 Å². The van der Waals surface area contributed by atoms with Crippen molar-refractivity contribution in [3.63, 3.8) is 0 Å². The van der Waals surface area contributed by atoms with Crippen molar-refractivity contribution >= 4 is 0 Å². The lowest BCUT2D eigenvalue weighted by atomic mass is 9.91. The van der Waals surface area contributed by atoms with Crippen molar-refractivity contribution in [3.8, 4) is 23.0 Å². The van der Waals surface area contributed by atoms with Crippen LogP contribution in [0.3, 0.4) is 0 Å². The maximum absolute atomic E-state index is 6.02. The van der Waals surface area contributed by atoms with E-state index in [1.807, 2.05) is 36.4 Å². The number of hydrogen-bond acceptors (Lipinski definition) is 5. The topological polar surface area (TPSA) is 62.9 Å². The van der Waals surface area contributed by atoms with Crippen LogP contribution in [0.1, 0.15) is 17.0 Å². The van der Waals surface area contributed by atoms with Crippen LogP contribution in [0.15, 0.2) is 36.4 Å². The third-order valence-electron chi connectivity index (χ3n) is 3.86. The summed E-state index contributed by atoms with van der Waals surface area (Å²) in [5.41, 5.74) is 8.12. The van der Waals surface area contributed by atoms with Crippen molar-refractivity contribution < 1.29 is 18.9 Å². The fraction of sp³-hybridized carbons (Fsp3) is 0.333. The standard InChI is InChI=1S/C18H23NO4/c1-20-15-7-5-12(9-17(15)22-3)14(11-19)13-6-8-16(21-2)18(10-13)23-4/h5-10,14H,11,19H2,1-4H3. The molecule has 2 rings (SSSR count). The molecule has 2 aromatic carbocycles. The van der Waals surface area contributed by atoms with E-state index in [0.29, 0.717) is 29.5 Å². The molecular weight excluding hydrogens is 294 g/mol. The third kappa shape index (κ3) is 3.51. The molecule has 0 aromatic heterocycles. The molecule has 5 nitrogen and oxygen atoms in total. The van der Waals surface area contributed by atoms with Gasteiger partial charge >= 0.3 is 0 Å². The zero-order chi connectivity index (χ0) is 16.8. The summed E-state index contributed by atoms with van der Waals surface area (Å²) in [4.78, 5) is 0. The van der Waals surface area contributed by atoms with E-state index in [1.54, 1.807) is 28.4 Å². The molecule has 0 radical (unpaired) electrons. The second-order valence-corrected chi connectivity index (χ2v) is 5.02. The second-order valence-electron chi connectivity index (χ2n) is 5.02. The van der Waals surface area contributed by atoms with Crippen LogP contribution in [0, 0.1) is 0 Å². The van der Waals surface area contributed by atoms with Crippen molar-refractivity contribution in [1.29, 1.82) is 0 Å². The molecule has 0 bridgehead atoms. The highest BCUT2D eigenvalue weighted by Gasteiger charge is 2.17. The predicted octanol–water partition coefficient (Wildman–Crippen LogP) is 2.81. The Labute approximate surface area is 136 Å². The van der Waals surface area contributed by atoms with E-state index in [-0.39, 0.29) is 5.92 Å². The number of hydrogen-bond donors (Lipinski definition) is 1. The monoisotopic (exact) mass is 317 g/mol. The van der Waals surface area contributed by atoms with E-state index in [9.17, 15) is 0 Å². The summed E-state index contributed by atoms with van der Waals surface area (Å²) in [5, 5.41) is 0. The molecule has 0 spiro atoms. The van der Waals surface area contributed by atoms with Gasteiger partial charge in [0, 0.05) is 12.5 Å². The van der Waals surface area contributed by atoms with Crippen LogP contribution in [0.5, 0.6) is 23.0 Å². The van der Waals surface area contributed by atoms with E-state index in [4.69, 9.17) is 24.7 Å². The summed E-state index contributed by atoms with van der Waals surface area (Å²) in [7, 11) is 6.48. The normalized spacial score (nSPS) is 10.5. The fourth-order valence-electron chi connectivity index (χ4n) is 2.60. The molecule has 0 aliphatic heterocycles. The van der Waals surface area contributed by atoms with Gasteiger partial charge in [-0.2, -0.15) is 0 Å². The lowest BCUT2D eigenvalue weighted by Gasteiger charge is -2.19. The molecule has 0 fully saturated rings. The number of ether oxygens (including phenoxy) is 4. The average molecular weight is 317 g/mol. The molecular formula is C18H23NO4. The molecule has 23 heavy (non-hydrogen) atoms. The number of methoxy groups -OCH3 is 4. The van der Waals surface area contributed by atoms with E-state index < -0.39 is 0 Å². The Hall–Kier alpha value is -2.40. The van der Waals surface area contributed by atoms with Gasteiger partial charge in [0.25, 0.3) is 0 Å². The molecule has 0 aliphatic rings. The maximum Gasteiger partial charge on any atom is 0.161 e. The van der Waals surface area contributed by atoms with Gasteiger partial charge in [0.2, 0.25) is 0 Å². The summed E-state index contributed by atoms with van der Waals surface area (Å²) in [6.45, 7) is 0.463. The Bertz CT molecular complexity index is 602. The SMILES string of the molecule is COc1ccc(C(CN)c2ccc(OC)c(OC)c2)cc1OC. The fourth-order valence-corrected chi connectivity index (χ4v) is 2.60. The smallest absolute Gasteiger partial charge is 0.161 e. The van der Waals surface area contributed by atoms with Crippen molar-refractivity contribution in [2.75, 3.05) is 35.0 Å². The van der Waals surface area contributed by atoms with Gasteiger partial charge in [-0.1, -0.05) is 12.1 Å². The quantitative estimate of drug-likeness (QED) is 0.851. The van der Waals surface area contributed by atoms with Gasteiger partial charge in [0.15, 0.2) is 23.0 Å². The zero-order valence-electron chi connectivity index (χ0n) is 14.0. The molecule has 0 heterocycles. The van der Waals surface area contributed by atoms with Gasteiger partial charge < -0.3 is 24.7 Å². The zero-order valence-corrected chi connectivity index (χ0v) is 14.0. The highest BCUT2D eigenvalue weighted by Crippen LogP contribution is 2.36. The summed E-state index contributed by atoms with van der Waals surface area (Å²) in [6.07, 6.45) is 0. The molecule has 0 saturated carbocycles. The van der Waals surface area contributed by atoms with Gasteiger partial charge in [0.1, 0.15) is 0 Å². The summed E-state index contributed by atoms with van der Waals surface area (Å²) >= 11 is 0. The minimum Gasteiger partial charge on any atom is -0.493 e. The number of benzene rings is 2. The van der Waals surface area contributed by atoms with Gasteiger partial charge in [0.05, 0.1) is 28.4 Å². The number of rotatable bonds is 7. The molecule has 2 aromatic rings. The Morgan fingerprint density at radius 3 is 1.39 bits per heavy atom. The summed E-state index contributed by atoms with van der Waals surface area (Å²) in [6, 6.07) is 11.7. The first-order valence-electron chi connectivity index (χ1n) is 7.32. The van der Waals surface area contributed by atoms with Crippen LogP contribution in [0.4, 0.5) is 0 Å². The Kier molecular flexibility index (Phi) is 5.71. The summed E-state index contributed by atoms with van der Waals surface area (Å²) in [5.74, 6) is 2.78. The molecule has 2 N–H and O–H groups in total. The second kappa shape index (κ2) is 7.74. The Morgan fingerprint density at radius 2 is 1.09 bits per heavy atom. The highest BCUT2D eigenvalue weighted by molar-refractivity contribution is 5.49. The molecule has 0 aliphatic carbocycles. The van der Waals surface area contributed by atoms with Gasteiger partial charge in [-0.05, 0) is 35.4 Å². The first kappa shape index (κ1) is 17.0. The lowest BCUT2D eigenvalue weighted by Crippen LogP contribution is -2.14. The Morgan fingerprint density at radius 1 is 0.696 bits per heavy atom. The van der Waals surface area contributed by atoms with Crippen LogP contribution >= 0.6 is 0 Å². The average Bonchev–Trinajstić information content (AvgIpc) is 2.61. The number of nitrogens with two attached hydrogens (primary N) is 1. The van der Waals surface area contributed by atoms with Gasteiger partial charge in [-0.15, -0.1) is 0 Å². The van der Waals surface area contributed by atoms with E-state index in [1.165, 1.54) is 0 Å². The summed E-state index contributed by atoms with van der Waals surface area (Å²) < 4.78 is 21.3. The van der Waals surface area contributed by atoms with Crippen LogP contribution < -0.4 is 24.7 Å². The first-order valence-corrected chi connectivity index (χ1v) is 7.32. The van der Waals surface area contributed by atoms with E-state index in [2.05, 4.69) is 0 Å². The molecule has 0 atom stereocenters.